The van der Waals surface area contributed by atoms with Gasteiger partial charge in [-0.15, -0.1) is 0 Å². The molecule has 0 bridgehead atoms. The number of nitrogens with zero attached hydrogens (tertiary/aromatic N) is 1. The minimum atomic E-state index is -0.0478. The normalized spacial score (nSPS) is 13.8. The molecule has 2 aromatic carbocycles. The predicted octanol–water partition coefficient (Wildman–Crippen LogP) is 6.40. The van der Waals surface area contributed by atoms with Gasteiger partial charge in [0, 0.05) is 11.9 Å². The minimum Gasteiger partial charge on any atom is -0.507 e. The quantitative estimate of drug-likeness (QED) is 0.600. The molecule has 0 saturated carbocycles. The van der Waals surface area contributed by atoms with Gasteiger partial charge < -0.3 is 9.84 Å². The highest BCUT2D eigenvalue weighted by atomic mass is 16.5. The molecule has 2 aromatic rings. The molecule has 4 nitrogen and oxygen atoms in total. The van der Waals surface area contributed by atoms with Crippen molar-refractivity contribution in [3.05, 3.63) is 42.0 Å². The summed E-state index contributed by atoms with van der Waals surface area (Å²) in [6.45, 7) is 17.0. The van der Waals surface area contributed by atoms with E-state index in [1.807, 2.05) is 66.7 Å². The Labute approximate surface area is 177 Å². The van der Waals surface area contributed by atoms with E-state index in [0.717, 1.165) is 43.2 Å². The number of rotatable bonds is 4. The van der Waals surface area contributed by atoms with Crippen molar-refractivity contribution in [3.63, 3.8) is 0 Å². The molecule has 1 aliphatic rings. The van der Waals surface area contributed by atoms with Crippen LogP contribution in [-0.4, -0.2) is 35.7 Å². The van der Waals surface area contributed by atoms with Crippen molar-refractivity contribution in [1.29, 1.82) is 0 Å². The number of benzene rings is 2. The van der Waals surface area contributed by atoms with E-state index >= 15 is 0 Å². The molecule has 3 rings (SSSR count). The maximum Gasteiger partial charge on any atom is 0.309 e. The van der Waals surface area contributed by atoms with Crippen LogP contribution in [0, 0.1) is 5.92 Å². The number of piperidine rings is 1. The van der Waals surface area contributed by atoms with E-state index in [9.17, 15) is 9.90 Å². The monoisotopic (exact) mass is 403 g/mol. The Morgan fingerprint density at radius 3 is 2.24 bits per heavy atom. The van der Waals surface area contributed by atoms with Crippen LogP contribution in [0.4, 0.5) is 0 Å². The van der Waals surface area contributed by atoms with Gasteiger partial charge >= 0.3 is 5.97 Å². The number of likely N-dealkylation sites (tertiary alicyclic amines) is 1. The summed E-state index contributed by atoms with van der Waals surface area (Å²) in [6.07, 6.45) is 1.74. The lowest BCUT2D eigenvalue weighted by molar-refractivity contribution is -0.149. The molecule has 0 unspecified atom stereocenters. The van der Waals surface area contributed by atoms with Crippen molar-refractivity contribution in [2.24, 2.45) is 5.92 Å². The van der Waals surface area contributed by atoms with Crippen LogP contribution in [0.5, 0.6) is 5.75 Å². The number of hydrogen-bond donors (Lipinski definition) is 1. The number of carbonyl (C=O) groups excluding carboxylic acids is 1. The molecule has 0 radical (unpaired) electrons. The van der Waals surface area contributed by atoms with Crippen molar-refractivity contribution in [2.75, 3.05) is 19.7 Å². The van der Waals surface area contributed by atoms with E-state index < -0.39 is 0 Å². The second-order valence-corrected chi connectivity index (χ2v) is 6.14. The molecule has 1 saturated heterocycles. The van der Waals surface area contributed by atoms with Crippen LogP contribution in [0.15, 0.2) is 36.4 Å². The third-order valence-electron chi connectivity index (χ3n) is 4.54. The summed E-state index contributed by atoms with van der Waals surface area (Å²) in [5, 5.41) is 11.8. The first-order chi connectivity index (χ1) is 14.2. The summed E-state index contributed by atoms with van der Waals surface area (Å²) < 4.78 is 5.11. The summed E-state index contributed by atoms with van der Waals surface area (Å²) in [4.78, 5) is 14.2. The highest BCUT2D eigenvalue weighted by Gasteiger charge is 2.25. The summed E-state index contributed by atoms with van der Waals surface area (Å²) in [5.41, 5.74) is 1.23. The van der Waals surface area contributed by atoms with Gasteiger partial charge in [-0.3, -0.25) is 9.69 Å². The van der Waals surface area contributed by atoms with Gasteiger partial charge in [-0.2, -0.15) is 0 Å². The van der Waals surface area contributed by atoms with Crippen LogP contribution in [0.25, 0.3) is 10.8 Å². The lowest BCUT2D eigenvalue weighted by atomic mass is 9.96. The first-order valence-corrected chi connectivity index (χ1v) is 11.3. The molecule has 4 heteroatoms. The van der Waals surface area contributed by atoms with Crippen LogP contribution in [0.1, 0.15) is 66.9 Å². The summed E-state index contributed by atoms with van der Waals surface area (Å²) in [7, 11) is 0. The number of phenolic OH excluding ortho intramolecular Hbond substituents is 1. The number of ether oxygens (including phenoxy) is 1. The van der Waals surface area contributed by atoms with E-state index in [-0.39, 0.29) is 11.9 Å². The largest absolute Gasteiger partial charge is 0.507 e. The fourth-order valence-corrected chi connectivity index (χ4v) is 3.26. The summed E-state index contributed by atoms with van der Waals surface area (Å²) >= 11 is 0. The van der Waals surface area contributed by atoms with E-state index in [1.54, 1.807) is 6.07 Å². The van der Waals surface area contributed by atoms with Crippen LogP contribution < -0.4 is 0 Å². The lowest BCUT2D eigenvalue weighted by Crippen LogP contribution is -2.36. The Morgan fingerprint density at radius 2 is 1.66 bits per heavy atom. The number of fused-ring (bicyclic) bond motifs is 1. The second kappa shape index (κ2) is 15.8. The van der Waals surface area contributed by atoms with Crippen LogP contribution in [0.2, 0.25) is 0 Å². The second-order valence-electron chi connectivity index (χ2n) is 6.14. The third kappa shape index (κ3) is 8.45. The number of phenols is 1. The zero-order valence-corrected chi connectivity index (χ0v) is 19.5. The Balaban J connectivity index is 0.00000120. The molecule has 0 aromatic heterocycles. The van der Waals surface area contributed by atoms with Gasteiger partial charge in [0.2, 0.25) is 0 Å². The topological polar surface area (TPSA) is 49.8 Å². The van der Waals surface area contributed by atoms with Gasteiger partial charge in [-0.25, -0.2) is 0 Å². The van der Waals surface area contributed by atoms with Gasteiger partial charge in [0.25, 0.3) is 0 Å². The standard InChI is InChI=1S/C19H23NO3.3C2H6/c1-2-23-19(22)15-8-10-20(11-9-15)13-14-6-7-17-16(12-14)4-3-5-18(17)21;3*1-2/h3-7,12,15,21H,2,8-11,13H2,1H3;3*1-2H3. The molecular weight excluding hydrogens is 362 g/mol. The smallest absolute Gasteiger partial charge is 0.309 e. The fourth-order valence-electron chi connectivity index (χ4n) is 3.26. The molecule has 0 aliphatic carbocycles. The van der Waals surface area contributed by atoms with E-state index in [0.29, 0.717) is 12.4 Å². The Bertz CT molecular complexity index is 692. The van der Waals surface area contributed by atoms with Crippen molar-refractivity contribution in [2.45, 2.75) is 67.9 Å². The fraction of sp³-hybridized carbons (Fsp3) is 0.560. The number of aromatic hydroxyl groups is 1. The molecule has 0 spiro atoms. The molecule has 0 amide bonds. The first kappa shape index (κ1) is 26.9. The lowest BCUT2D eigenvalue weighted by Gasteiger charge is -2.30. The van der Waals surface area contributed by atoms with Crippen molar-refractivity contribution >= 4 is 16.7 Å². The van der Waals surface area contributed by atoms with Gasteiger partial charge in [-0.1, -0.05) is 65.8 Å². The van der Waals surface area contributed by atoms with Gasteiger partial charge in [-0.05, 0) is 55.9 Å². The number of hydrogen-bond acceptors (Lipinski definition) is 4. The Kier molecular flexibility index (Phi) is 14.7. The maximum absolute atomic E-state index is 11.8. The van der Waals surface area contributed by atoms with Crippen LogP contribution in [-0.2, 0) is 16.1 Å². The maximum atomic E-state index is 11.8. The van der Waals surface area contributed by atoms with Crippen molar-refractivity contribution in [1.82, 2.24) is 4.90 Å². The zero-order chi connectivity index (χ0) is 22.2. The van der Waals surface area contributed by atoms with Gasteiger partial charge in [0.05, 0.1) is 12.5 Å². The van der Waals surface area contributed by atoms with Crippen molar-refractivity contribution in [3.8, 4) is 5.75 Å². The van der Waals surface area contributed by atoms with Crippen LogP contribution in [0.3, 0.4) is 0 Å². The Hall–Kier alpha value is -2.07. The van der Waals surface area contributed by atoms with Crippen LogP contribution >= 0.6 is 0 Å². The third-order valence-corrected chi connectivity index (χ3v) is 4.54. The molecule has 1 heterocycles. The molecule has 1 N–H and O–H groups in total. The highest BCUT2D eigenvalue weighted by Crippen LogP contribution is 2.26. The highest BCUT2D eigenvalue weighted by molar-refractivity contribution is 5.88. The molecule has 1 fully saturated rings. The molecule has 164 valence electrons. The molecule has 1 aliphatic heterocycles. The minimum absolute atomic E-state index is 0.0478. The average Bonchev–Trinajstić information content (AvgIpc) is 2.79. The van der Waals surface area contributed by atoms with E-state index in [1.165, 1.54) is 5.56 Å². The Morgan fingerprint density at radius 1 is 1.03 bits per heavy atom. The molecular formula is C25H41NO3. The van der Waals surface area contributed by atoms with Crippen molar-refractivity contribution < 1.29 is 14.6 Å². The number of esters is 1. The van der Waals surface area contributed by atoms with E-state index in [2.05, 4.69) is 17.0 Å². The van der Waals surface area contributed by atoms with Gasteiger partial charge in [0.1, 0.15) is 5.75 Å². The van der Waals surface area contributed by atoms with E-state index in [4.69, 9.17) is 4.74 Å². The first-order valence-electron chi connectivity index (χ1n) is 11.3. The summed E-state index contributed by atoms with van der Waals surface area (Å²) in [6, 6.07) is 11.8. The zero-order valence-electron chi connectivity index (χ0n) is 19.5. The average molecular weight is 404 g/mol. The predicted molar refractivity (Wildman–Crippen MR) is 124 cm³/mol. The SMILES string of the molecule is CC.CC.CC.CCOC(=O)C1CCN(Cc2ccc3c(O)cccc3c2)CC1. The van der Waals surface area contributed by atoms with Gasteiger partial charge in [0.15, 0.2) is 0 Å². The molecule has 29 heavy (non-hydrogen) atoms. The number of carbonyl (C=O) groups is 1. The molecule has 0 atom stereocenters. The summed E-state index contributed by atoms with van der Waals surface area (Å²) in [5.74, 6) is 0.331.